The van der Waals surface area contributed by atoms with Crippen molar-refractivity contribution in [1.29, 1.82) is 0 Å². The molecule has 7 N–H and O–H groups in total. The van der Waals surface area contributed by atoms with Crippen molar-refractivity contribution in [2.45, 2.75) is 33.7 Å². The van der Waals surface area contributed by atoms with Crippen molar-refractivity contribution in [3.8, 4) is 0 Å². The first-order valence-corrected chi connectivity index (χ1v) is 12.6. The summed E-state index contributed by atoms with van der Waals surface area (Å²) in [5, 5.41) is 22.5. The number of nitrogens with two attached hydrogens (primary N) is 2. The maximum absolute atomic E-state index is 10.2. The molecule has 0 aliphatic rings. The molecule has 0 saturated heterocycles. The zero-order valence-electron chi connectivity index (χ0n) is 19.6. The van der Waals surface area contributed by atoms with E-state index in [1.807, 2.05) is 24.4 Å². The molecule has 10 heteroatoms. The molecular weight excluding hydrogens is 663 g/mol. The van der Waals surface area contributed by atoms with Crippen LogP contribution in [0, 0.1) is 0 Å². The molecule has 1 aromatic heterocycles. The number of nitrogens with one attached hydrogen (secondary N) is 1. The van der Waals surface area contributed by atoms with Crippen LogP contribution in [0.3, 0.4) is 0 Å². The third kappa shape index (κ3) is 13.8. The fourth-order valence-corrected chi connectivity index (χ4v) is 2.71. The number of rotatable bonds is 1. The number of nitrogens with zero attached hydrogens (tertiary/aromatic N) is 1. The molecule has 0 aliphatic carbocycles. The van der Waals surface area contributed by atoms with Crippen LogP contribution in [0.1, 0.15) is 38.6 Å². The van der Waals surface area contributed by atoms with Gasteiger partial charge in [0.2, 0.25) is 0 Å². The first-order chi connectivity index (χ1) is 15.7. The van der Waals surface area contributed by atoms with Crippen LogP contribution >= 0.6 is 9.42 Å². The average molecular weight is 697 g/mol. The molecule has 1 heterocycles. The van der Waals surface area contributed by atoms with Gasteiger partial charge in [-0.2, -0.15) is 0 Å². The van der Waals surface area contributed by atoms with E-state index in [0.29, 0.717) is 5.56 Å². The Labute approximate surface area is 228 Å². The normalized spacial score (nSPS) is 9.06. The van der Waals surface area contributed by atoms with Crippen LogP contribution in [0.15, 0.2) is 85.1 Å². The molecule has 0 bridgehead atoms. The Kier molecular flexibility index (Phi) is 20.0. The van der Waals surface area contributed by atoms with Crippen molar-refractivity contribution in [3.05, 3.63) is 103 Å². The van der Waals surface area contributed by atoms with E-state index >= 15 is 0 Å². The maximum atomic E-state index is 10.2. The van der Waals surface area contributed by atoms with Gasteiger partial charge in [0, 0.05) is 22.5 Å². The number of aromatic carboxylic acids is 1. The van der Waals surface area contributed by atoms with Crippen LogP contribution in [0.25, 0.3) is 34.0 Å². The van der Waals surface area contributed by atoms with Gasteiger partial charge in [-0.15, -0.1) is 0 Å². The Balaban J connectivity index is -0.000000442. The number of para-hydroxylation sites is 1. The van der Waals surface area contributed by atoms with E-state index in [1.165, 1.54) is 16.2 Å². The van der Waals surface area contributed by atoms with Crippen LogP contribution < -0.4 is 5.32 Å². The molecule has 0 aliphatic heterocycles. The molecular formula is C26H34ClN4O4Pt-2. The Bertz CT molecular complexity index is 1120. The maximum Gasteiger partial charge on any atom is 0.0708 e. The van der Waals surface area contributed by atoms with Crippen LogP contribution in [0.5, 0.6) is 0 Å². The Morgan fingerprint density at radius 1 is 0.806 bits per heavy atom. The fourth-order valence-electron chi connectivity index (χ4n) is 2.71. The zero-order chi connectivity index (χ0) is 24.9. The molecule has 0 radical (unpaired) electrons. The van der Waals surface area contributed by atoms with Gasteiger partial charge >= 0.3 is 40.3 Å². The average Bonchev–Trinajstić information content (AvgIpc) is 2.80. The van der Waals surface area contributed by atoms with Gasteiger partial charge in [0.25, 0.3) is 0 Å². The summed E-state index contributed by atoms with van der Waals surface area (Å²) < 4.78 is 0. The fraction of sp³-hybridized carbons (Fsp3) is 0.192. The van der Waals surface area contributed by atoms with E-state index in [1.54, 1.807) is 69.9 Å². The second-order valence-electron chi connectivity index (χ2n) is 7.71. The van der Waals surface area contributed by atoms with Gasteiger partial charge in [0.05, 0.1) is 11.1 Å². The SMILES string of the molecule is C.CC(C)(C)NC(=O)O.O=C(O)c1ccccc1.[Cl][Pt].[NH2-].[NH2-].c1ccc2c(c1)cnc1ccccc12. The van der Waals surface area contributed by atoms with E-state index in [-0.39, 0.29) is 25.3 Å². The molecule has 0 saturated carbocycles. The molecule has 1 amide bonds. The number of carbonyl (C=O) groups is 2. The molecule has 4 aromatic rings. The number of carboxylic acids is 1. The van der Waals surface area contributed by atoms with Gasteiger partial charge in [-0.05, 0) is 44.4 Å². The van der Waals surface area contributed by atoms with Crippen molar-refractivity contribution in [1.82, 2.24) is 10.3 Å². The summed E-state index contributed by atoms with van der Waals surface area (Å²) in [5.41, 5.74) is 1.06. The van der Waals surface area contributed by atoms with Gasteiger partial charge in [0.15, 0.2) is 0 Å². The predicted molar refractivity (Wildman–Crippen MR) is 147 cm³/mol. The molecule has 0 atom stereocenters. The van der Waals surface area contributed by atoms with Crippen molar-refractivity contribution < 1.29 is 38.6 Å². The van der Waals surface area contributed by atoms with Gasteiger partial charge in [-0.25, -0.2) is 9.59 Å². The number of fused-ring (bicyclic) bond motifs is 3. The molecule has 0 unspecified atom stereocenters. The summed E-state index contributed by atoms with van der Waals surface area (Å²) in [6.07, 6.45) is 0.954. The molecule has 8 nitrogen and oxygen atoms in total. The number of pyridine rings is 1. The van der Waals surface area contributed by atoms with Gasteiger partial charge in [0.1, 0.15) is 0 Å². The number of hydrogen-bond acceptors (Lipinski definition) is 3. The number of amides is 1. The number of aromatic nitrogens is 1. The van der Waals surface area contributed by atoms with Crippen LogP contribution in [-0.2, 0) is 18.8 Å². The third-order valence-electron chi connectivity index (χ3n) is 4.00. The standard InChI is InChI=1S/C13H9N.C7H6O2.C5H11NO2.CH4.ClH.2H2N.Pt/c1-2-6-11-10(5-1)9-14-13-8-4-3-7-12(11)13;8-7(9)6-4-2-1-3-5-6;1-5(2,3)6-4(7)8;;;;;/h1-9H;1-5H,(H,8,9);6H,1-3H3,(H,7,8);1H4;1H;2*1H2;/q;;;;;2*-1;+1/p-1. The summed E-state index contributed by atoms with van der Waals surface area (Å²) in [4.78, 5) is 24.5. The second-order valence-corrected chi connectivity index (χ2v) is 7.71. The van der Waals surface area contributed by atoms with E-state index in [0.717, 1.165) is 5.52 Å². The molecule has 201 valence electrons. The van der Waals surface area contributed by atoms with E-state index < -0.39 is 12.1 Å². The molecule has 3 aromatic carbocycles. The minimum absolute atomic E-state index is 0. The topological polar surface area (TPSA) is 167 Å². The smallest absolute Gasteiger partial charge is 0.0708 e. The molecule has 0 spiro atoms. The van der Waals surface area contributed by atoms with Gasteiger partial charge < -0.3 is 27.8 Å². The van der Waals surface area contributed by atoms with Crippen LogP contribution in [0.2, 0.25) is 0 Å². The van der Waals surface area contributed by atoms with Crippen LogP contribution in [0.4, 0.5) is 4.79 Å². The minimum Gasteiger partial charge on any atom is -0.693 e. The van der Waals surface area contributed by atoms with Crippen LogP contribution in [-0.4, -0.2) is 32.8 Å². The summed E-state index contributed by atoms with van der Waals surface area (Å²) in [6, 6.07) is 24.9. The summed E-state index contributed by atoms with van der Waals surface area (Å²) >= 11 is 1.61. The van der Waals surface area contributed by atoms with Crippen molar-refractivity contribution in [3.63, 3.8) is 0 Å². The second kappa shape index (κ2) is 19.2. The van der Waals surface area contributed by atoms with Gasteiger partial charge in [-0.3, -0.25) is 4.98 Å². The Morgan fingerprint density at radius 2 is 1.28 bits per heavy atom. The predicted octanol–water partition coefficient (Wildman–Crippen LogP) is 8.58. The first-order valence-electron chi connectivity index (χ1n) is 9.81. The Hall–Kier alpha value is -3.03. The molecule has 36 heavy (non-hydrogen) atoms. The summed E-state index contributed by atoms with van der Waals surface area (Å²) in [6.45, 7) is 5.38. The Morgan fingerprint density at radius 3 is 1.72 bits per heavy atom. The first kappa shape index (κ1) is 37.5. The largest absolute Gasteiger partial charge is 0.693 e. The quantitative estimate of drug-likeness (QED) is 0.169. The molecule has 4 rings (SSSR count). The number of benzene rings is 3. The van der Waals surface area contributed by atoms with E-state index in [9.17, 15) is 9.59 Å². The van der Waals surface area contributed by atoms with E-state index in [2.05, 4.69) is 50.1 Å². The van der Waals surface area contributed by atoms with Crippen molar-refractivity contribution in [2.24, 2.45) is 0 Å². The number of halogens is 1. The summed E-state index contributed by atoms with van der Waals surface area (Å²) in [7, 11) is 4.61. The zero-order valence-corrected chi connectivity index (χ0v) is 22.6. The third-order valence-corrected chi connectivity index (χ3v) is 4.00. The minimum atomic E-state index is -0.975. The monoisotopic (exact) mass is 696 g/mol. The number of hydrogen-bond donors (Lipinski definition) is 3. The van der Waals surface area contributed by atoms with E-state index in [4.69, 9.17) is 10.2 Å². The van der Waals surface area contributed by atoms with Crippen molar-refractivity contribution in [2.75, 3.05) is 0 Å². The molecule has 0 fully saturated rings. The van der Waals surface area contributed by atoms with Gasteiger partial charge in [-0.1, -0.05) is 68.1 Å². The number of carboxylic acid groups (broad SMARTS) is 2. The summed E-state index contributed by atoms with van der Waals surface area (Å²) in [5.74, 6) is -0.879. The van der Waals surface area contributed by atoms with Crippen molar-refractivity contribution >= 4 is 43.2 Å².